The van der Waals surface area contributed by atoms with Crippen molar-refractivity contribution in [1.82, 2.24) is 0 Å². The first-order valence-electron chi connectivity index (χ1n) is 6.70. The van der Waals surface area contributed by atoms with E-state index in [0.29, 0.717) is 18.4 Å². The lowest BCUT2D eigenvalue weighted by atomic mass is 9.95. The van der Waals surface area contributed by atoms with E-state index in [-0.39, 0.29) is 46.6 Å². The number of hydrogen-bond donors (Lipinski definition) is 1. The molecule has 1 aromatic rings. The molecule has 0 aromatic heterocycles. The third kappa shape index (κ3) is 3.04. The lowest BCUT2D eigenvalue weighted by Crippen LogP contribution is -2.18. The van der Waals surface area contributed by atoms with Gasteiger partial charge in [-0.15, -0.1) is 0 Å². The standard InChI is InChI=1S/C14H15ClN2O5/c1-22-14-10(17(20)21)6-9(15)8-3-2-7(5-12(16)19)4-11(18)13(8)14/h6-7H,2-5H2,1H3,(H2,16,19)/t7-/m0/s1. The molecule has 7 nitrogen and oxygen atoms in total. The monoisotopic (exact) mass is 326 g/mol. The number of fused-ring (bicyclic) bond motifs is 1. The molecule has 8 heteroatoms. The van der Waals surface area contributed by atoms with Gasteiger partial charge >= 0.3 is 5.69 Å². The number of carbonyl (C=O) groups excluding carboxylic acids is 2. The number of hydrogen-bond acceptors (Lipinski definition) is 5. The average Bonchev–Trinajstić information content (AvgIpc) is 2.58. The number of nitrogens with zero attached hydrogens (tertiary/aromatic N) is 1. The van der Waals surface area contributed by atoms with Crippen LogP contribution < -0.4 is 10.5 Å². The number of nitrogens with two attached hydrogens (primary N) is 1. The van der Waals surface area contributed by atoms with Crippen molar-refractivity contribution in [3.8, 4) is 5.75 Å². The second kappa shape index (κ2) is 6.31. The maximum Gasteiger partial charge on any atom is 0.313 e. The molecule has 2 N–H and O–H groups in total. The summed E-state index contributed by atoms with van der Waals surface area (Å²) in [5, 5.41) is 11.3. The fourth-order valence-electron chi connectivity index (χ4n) is 2.81. The molecule has 0 bridgehead atoms. The summed E-state index contributed by atoms with van der Waals surface area (Å²) >= 11 is 6.11. The predicted octanol–water partition coefficient (Wildman–Crippen LogP) is 2.27. The first-order valence-corrected chi connectivity index (χ1v) is 7.08. The van der Waals surface area contributed by atoms with E-state index in [1.807, 2.05) is 0 Å². The van der Waals surface area contributed by atoms with Crippen LogP contribution in [0.2, 0.25) is 5.02 Å². The van der Waals surface area contributed by atoms with Gasteiger partial charge < -0.3 is 10.5 Å². The fourth-order valence-corrected chi connectivity index (χ4v) is 3.10. The van der Waals surface area contributed by atoms with E-state index in [4.69, 9.17) is 22.1 Å². The maximum atomic E-state index is 12.5. The quantitative estimate of drug-likeness (QED) is 0.518. The van der Waals surface area contributed by atoms with Crippen molar-refractivity contribution < 1.29 is 19.2 Å². The number of ether oxygens (including phenoxy) is 1. The number of nitro groups is 1. The molecule has 1 aliphatic carbocycles. The zero-order valence-corrected chi connectivity index (χ0v) is 12.7. The summed E-state index contributed by atoms with van der Waals surface area (Å²) in [5.74, 6) is -1.07. The number of methoxy groups -OCH3 is 1. The Hall–Kier alpha value is -2.15. The van der Waals surface area contributed by atoms with E-state index in [1.165, 1.54) is 13.2 Å². The normalized spacial score (nSPS) is 17.5. The summed E-state index contributed by atoms with van der Waals surface area (Å²) in [6.45, 7) is 0. The maximum absolute atomic E-state index is 12.5. The second-order valence-electron chi connectivity index (χ2n) is 5.22. The van der Waals surface area contributed by atoms with Crippen LogP contribution in [0.3, 0.4) is 0 Å². The molecule has 1 atom stereocenters. The van der Waals surface area contributed by atoms with Crippen LogP contribution in [0.5, 0.6) is 5.75 Å². The molecule has 22 heavy (non-hydrogen) atoms. The van der Waals surface area contributed by atoms with Gasteiger partial charge in [-0.05, 0) is 24.3 Å². The average molecular weight is 327 g/mol. The van der Waals surface area contributed by atoms with Gasteiger partial charge in [0, 0.05) is 18.9 Å². The second-order valence-corrected chi connectivity index (χ2v) is 5.63. The molecular formula is C14H15ClN2O5. The molecule has 1 aromatic carbocycles. The van der Waals surface area contributed by atoms with Crippen molar-refractivity contribution in [3.63, 3.8) is 0 Å². The van der Waals surface area contributed by atoms with E-state index < -0.39 is 10.8 Å². The number of benzene rings is 1. The number of rotatable bonds is 4. The number of primary amides is 1. The number of nitro benzene ring substituents is 1. The largest absolute Gasteiger partial charge is 0.490 e. The van der Waals surface area contributed by atoms with Gasteiger partial charge in [-0.25, -0.2) is 0 Å². The first kappa shape index (κ1) is 16.2. The van der Waals surface area contributed by atoms with E-state index in [2.05, 4.69) is 0 Å². The van der Waals surface area contributed by atoms with Crippen LogP contribution >= 0.6 is 11.6 Å². The molecule has 0 unspecified atom stereocenters. The molecule has 0 radical (unpaired) electrons. The van der Waals surface area contributed by atoms with Crippen molar-refractivity contribution in [2.75, 3.05) is 7.11 Å². The molecule has 0 spiro atoms. The fraction of sp³-hybridized carbons (Fsp3) is 0.429. The number of halogens is 1. The third-order valence-electron chi connectivity index (χ3n) is 3.76. The smallest absolute Gasteiger partial charge is 0.313 e. The van der Waals surface area contributed by atoms with Crippen LogP contribution in [0.4, 0.5) is 5.69 Å². The molecule has 2 rings (SSSR count). The van der Waals surface area contributed by atoms with E-state index in [0.717, 1.165) is 0 Å². The van der Waals surface area contributed by atoms with Gasteiger partial charge in [-0.2, -0.15) is 0 Å². The number of ketones is 1. The SMILES string of the molecule is COc1c([N+](=O)[O-])cc(Cl)c2c1C(=O)C[C@@H](CC(N)=O)CC2. The molecule has 1 aliphatic rings. The van der Waals surface area contributed by atoms with Gasteiger partial charge in [0.05, 0.1) is 22.6 Å². The van der Waals surface area contributed by atoms with Crippen LogP contribution in [0.15, 0.2) is 6.07 Å². The van der Waals surface area contributed by atoms with Crippen molar-refractivity contribution >= 4 is 29.0 Å². The highest BCUT2D eigenvalue weighted by molar-refractivity contribution is 6.32. The number of Topliss-reactive ketones (excluding diaryl/α,β-unsaturated/α-hetero) is 1. The number of amides is 1. The van der Waals surface area contributed by atoms with Crippen LogP contribution in [-0.4, -0.2) is 23.7 Å². The van der Waals surface area contributed by atoms with Gasteiger partial charge in [-0.3, -0.25) is 19.7 Å². The number of carbonyl (C=O) groups is 2. The Labute approximate surface area is 131 Å². The minimum atomic E-state index is -0.635. The Morgan fingerprint density at radius 1 is 1.59 bits per heavy atom. The Kier molecular flexibility index (Phi) is 4.65. The molecular weight excluding hydrogens is 312 g/mol. The van der Waals surface area contributed by atoms with Gasteiger partial charge in [0.2, 0.25) is 11.7 Å². The Morgan fingerprint density at radius 2 is 2.27 bits per heavy atom. The first-order chi connectivity index (χ1) is 10.3. The summed E-state index contributed by atoms with van der Waals surface area (Å²) in [4.78, 5) is 34.0. The van der Waals surface area contributed by atoms with Gasteiger partial charge in [-0.1, -0.05) is 11.6 Å². The van der Waals surface area contributed by atoms with Gasteiger partial charge in [0.1, 0.15) is 0 Å². The minimum Gasteiger partial charge on any atom is -0.490 e. The molecule has 0 heterocycles. The van der Waals surface area contributed by atoms with Crippen LogP contribution in [0.25, 0.3) is 0 Å². The molecule has 0 saturated heterocycles. The lowest BCUT2D eigenvalue weighted by Gasteiger charge is -2.12. The molecule has 0 fully saturated rings. The molecule has 0 aliphatic heterocycles. The lowest BCUT2D eigenvalue weighted by molar-refractivity contribution is -0.385. The van der Waals surface area contributed by atoms with Gasteiger partial charge in [0.25, 0.3) is 0 Å². The van der Waals surface area contributed by atoms with Crippen LogP contribution in [0.1, 0.15) is 35.2 Å². The van der Waals surface area contributed by atoms with Crippen molar-refractivity contribution in [1.29, 1.82) is 0 Å². The Balaban J connectivity index is 2.53. The van der Waals surface area contributed by atoms with E-state index >= 15 is 0 Å². The summed E-state index contributed by atoms with van der Waals surface area (Å²) in [6, 6.07) is 1.20. The predicted molar refractivity (Wildman–Crippen MR) is 79.2 cm³/mol. The zero-order chi connectivity index (χ0) is 16.4. The Bertz CT molecular complexity index is 659. The van der Waals surface area contributed by atoms with E-state index in [1.54, 1.807) is 0 Å². The van der Waals surface area contributed by atoms with E-state index in [9.17, 15) is 19.7 Å². The minimum absolute atomic E-state index is 0.0749. The Morgan fingerprint density at radius 3 is 2.82 bits per heavy atom. The summed E-state index contributed by atoms with van der Waals surface area (Å²) < 4.78 is 5.09. The van der Waals surface area contributed by atoms with Crippen LogP contribution in [-0.2, 0) is 11.2 Å². The van der Waals surface area contributed by atoms with Crippen molar-refractivity contribution in [2.45, 2.75) is 25.7 Å². The zero-order valence-electron chi connectivity index (χ0n) is 11.9. The van der Waals surface area contributed by atoms with Crippen LogP contribution in [0, 0.1) is 16.0 Å². The van der Waals surface area contributed by atoms with Crippen molar-refractivity contribution in [2.24, 2.45) is 11.7 Å². The molecule has 1 amide bonds. The summed E-state index contributed by atoms with van der Waals surface area (Å²) in [6.07, 6.45) is 1.18. The third-order valence-corrected chi connectivity index (χ3v) is 4.10. The highest BCUT2D eigenvalue weighted by Gasteiger charge is 2.32. The highest BCUT2D eigenvalue weighted by atomic mass is 35.5. The van der Waals surface area contributed by atoms with Crippen molar-refractivity contribution in [3.05, 3.63) is 32.3 Å². The topological polar surface area (TPSA) is 113 Å². The molecule has 0 saturated carbocycles. The summed E-state index contributed by atoms with van der Waals surface area (Å²) in [7, 11) is 1.27. The summed E-state index contributed by atoms with van der Waals surface area (Å²) in [5.41, 5.74) is 5.52. The molecule has 118 valence electrons. The highest BCUT2D eigenvalue weighted by Crippen LogP contribution is 2.41. The van der Waals surface area contributed by atoms with Gasteiger partial charge in [0.15, 0.2) is 5.78 Å².